The fourth-order valence-corrected chi connectivity index (χ4v) is 2.88. The van der Waals surface area contributed by atoms with E-state index in [0.29, 0.717) is 0 Å². The maximum Gasteiger partial charge on any atom is 0.226 e. The number of rotatable bonds is 1. The molecule has 16 heavy (non-hydrogen) atoms. The molecule has 1 aromatic heterocycles. The van der Waals surface area contributed by atoms with Crippen LogP contribution in [0.5, 0.6) is 0 Å². The highest BCUT2D eigenvalue weighted by atomic mass is 16.6. The van der Waals surface area contributed by atoms with Crippen molar-refractivity contribution in [1.82, 2.24) is 4.98 Å². The summed E-state index contributed by atoms with van der Waals surface area (Å²) in [5.41, 5.74) is -0.206. The molecule has 2 heterocycles. The Hall–Kier alpha value is -1.40. The van der Waals surface area contributed by atoms with Gasteiger partial charge in [-0.25, -0.2) is 0 Å². The highest BCUT2D eigenvalue weighted by Gasteiger charge is 2.72. The third kappa shape index (κ3) is 1.14. The van der Waals surface area contributed by atoms with Crippen LogP contribution >= 0.6 is 0 Å². The zero-order valence-electron chi connectivity index (χ0n) is 9.15. The zero-order chi connectivity index (χ0) is 11.1. The number of nitriles is 1. The van der Waals surface area contributed by atoms with Gasteiger partial charge in [-0.3, -0.25) is 4.98 Å². The first kappa shape index (κ1) is 9.80. The largest absolute Gasteiger partial charge is 0.341 e. The van der Waals surface area contributed by atoms with Crippen LogP contribution in [-0.4, -0.2) is 10.6 Å². The molecule has 1 aliphatic carbocycles. The predicted molar refractivity (Wildman–Crippen MR) is 58.4 cm³/mol. The molecule has 82 valence electrons. The van der Waals surface area contributed by atoms with Gasteiger partial charge in [0.2, 0.25) is 5.60 Å². The topological polar surface area (TPSA) is 49.2 Å². The predicted octanol–water partition coefficient (Wildman–Crippen LogP) is 2.53. The number of hydrogen-bond acceptors (Lipinski definition) is 3. The molecule has 0 radical (unpaired) electrons. The van der Waals surface area contributed by atoms with Crippen LogP contribution in [0.2, 0.25) is 0 Å². The van der Waals surface area contributed by atoms with Gasteiger partial charge in [-0.2, -0.15) is 5.26 Å². The van der Waals surface area contributed by atoms with Gasteiger partial charge in [-0.15, -0.1) is 0 Å². The van der Waals surface area contributed by atoms with Gasteiger partial charge >= 0.3 is 0 Å². The van der Waals surface area contributed by atoms with Crippen LogP contribution in [0, 0.1) is 11.3 Å². The SMILES string of the molecule is N#C[C@@]1(c2ccccn2)OC12CCCCC2. The summed E-state index contributed by atoms with van der Waals surface area (Å²) in [4.78, 5) is 4.29. The number of nitrogens with zero attached hydrogens (tertiary/aromatic N) is 2. The van der Waals surface area contributed by atoms with E-state index in [9.17, 15) is 5.26 Å². The van der Waals surface area contributed by atoms with Crippen molar-refractivity contribution in [1.29, 1.82) is 5.26 Å². The number of pyridine rings is 1. The van der Waals surface area contributed by atoms with E-state index in [-0.39, 0.29) is 5.60 Å². The highest BCUT2D eigenvalue weighted by Crippen LogP contribution is 2.61. The first-order valence-electron chi connectivity index (χ1n) is 5.86. The van der Waals surface area contributed by atoms with Crippen LogP contribution in [0.25, 0.3) is 0 Å². The van der Waals surface area contributed by atoms with Crippen LogP contribution in [0.15, 0.2) is 24.4 Å². The summed E-state index contributed by atoms with van der Waals surface area (Å²) in [6.45, 7) is 0. The lowest BCUT2D eigenvalue weighted by molar-refractivity contribution is 0.229. The lowest BCUT2D eigenvalue weighted by Gasteiger charge is -2.19. The molecule has 2 fully saturated rings. The molecule has 3 rings (SSSR count). The van der Waals surface area contributed by atoms with Crippen LogP contribution in [0.3, 0.4) is 0 Å². The van der Waals surface area contributed by atoms with E-state index in [2.05, 4.69) is 11.1 Å². The maximum absolute atomic E-state index is 9.41. The van der Waals surface area contributed by atoms with Crippen LogP contribution in [0.1, 0.15) is 37.8 Å². The van der Waals surface area contributed by atoms with E-state index < -0.39 is 5.60 Å². The Balaban J connectivity index is 1.96. The van der Waals surface area contributed by atoms with Crippen molar-refractivity contribution in [3.63, 3.8) is 0 Å². The second-order valence-corrected chi connectivity index (χ2v) is 4.66. The van der Waals surface area contributed by atoms with Crippen molar-refractivity contribution < 1.29 is 4.74 Å². The first-order valence-corrected chi connectivity index (χ1v) is 5.86. The number of epoxide rings is 1. The van der Waals surface area contributed by atoms with Crippen LogP contribution in [-0.2, 0) is 10.3 Å². The van der Waals surface area contributed by atoms with E-state index in [0.717, 1.165) is 31.4 Å². The monoisotopic (exact) mass is 214 g/mol. The smallest absolute Gasteiger partial charge is 0.226 e. The molecule has 1 saturated heterocycles. The van der Waals surface area contributed by atoms with Gasteiger partial charge in [0.1, 0.15) is 11.7 Å². The van der Waals surface area contributed by atoms with E-state index in [1.807, 2.05) is 18.2 Å². The average Bonchev–Trinajstić information content (AvgIpc) is 3.00. The van der Waals surface area contributed by atoms with Gasteiger partial charge in [0.15, 0.2) is 0 Å². The molecule has 1 aromatic rings. The fourth-order valence-electron chi connectivity index (χ4n) is 2.88. The minimum absolute atomic E-state index is 0.228. The Kier molecular flexibility index (Phi) is 2.02. The van der Waals surface area contributed by atoms with Crippen molar-refractivity contribution >= 4 is 0 Å². The Labute approximate surface area is 95.1 Å². The quantitative estimate of drug-likeness (QED) is 0.675. The lowest BCUT2D eigenvalue weighted by Crippen LogP contribution is -2.26. The van der Waals surface area contributed by atoms with E-state index in [4.69, 9.17) is 4.74 Å². The fraction of sp³-hybridized carbons (Fsp3) is 0.538. The van der Waals surface area contributed by atoms with Gasteiger partial charge in [0, 0.05) is 6.20 Å². The third-order valence-corrected chi connectivity index (χ3v) is 3.79. The number of aromatic nitrogens is 1. The Morgan fingerprint density at radius 3 is 2.69 bits per heavy atom. The minimum Gasteiger partial charge on any atom is -0.341 e. The van der Waals surface area contributed by atoms with Gasteiger partial charge in [0.25, 0.3) is 0 Å². The Morgan fingerprint density at radius 2 is 2.06 bits per heavy atom. The highest BCUT2D eigenvalue weighted by molar-refractivity contribution is 5.37. The van der Waals surface area contributed by atoms with Crippen molar-refractivity contribution in [3.8, 4) is 6.07 Å². The molecule has 1 atom stereocenters. The number of hydrogen-bond donors (Lipinski definition) is 0. The molecule has 3 nitrogen and oxygen atoms in total. The average molecular weight is 214 g/mol. The normalized spacial score (nSPS) is 30.9. The van der Waals surface area contributed by atoms with Crippen molar-refractivity contribution in [2.24, 2.45) is 0 Å². The van der Waals surface area contributed by atoms with Gasteiger partial charge in [-0.1, -0.05) is 25.3 Å². The summed E-state index contributed by atoms with van der Waals surface area (Å²) in [6, 6.07) is 8.02. The van der Waals surface area contributed by atoms with Crippen molar-refractivity contribution in [2.45, 2.75) is 43.3 Å². The molecular weight excluding hydrogens is 200 g/mol. The molecule has 0 bridgehead atoms. The molecule has 0 N–H and O–H groups in total. The Morgan fingerprint density at radius 1 is 1.25 bits per heavy atom. The van der Waals surface area contributed by atoms with E-state index in [1.54, 1.807) is 6.20 Å². The first-order chi connectivity index (χ1) is 7.83. The van der Waals surface area contributed by atoms with Crippen LogP contribution in [0.4, 0.5) is 0 Å². The molecule has 0 aromatic carbocycles. The van der Waals surface area contributed by atoms with E-state index >= 15 is 0 Å². The van der Waals surface area contributed by atoms with Gasteiger partial charge in [0.05, 0.1) is 5.69 Å². The molecular formula is C13H14N2O. The van der Waals surface area contributed by atoms with Crippen molar-refractivity contribution in [2.75, 3.05) is 0 Å². The summed E-state index contributed by atoms with van der Waals surface area (Å²) in [5, 5.41) is 9.41. The van der Waals surface area contributed by atoms with Gasteiger partial charge < -0.3 is 4.74 Å². The summed E-state index contributed by atoms with van der Waals surface area (Å²) < 4.78 is 5.84. The number of ether oxygens (including phenoxy) is 1. The lowest BCUT2D eigenvalue weighted by atomic mass is 9.79. The second kappa shape index (κ2) is 3.29. The molecule has 0 unspecified atom stereocenters. The molecule has 1 spiro atoms. The van der Waals surface area contributed by atoms with Crippen molar-refractivity contribution in [3.05, 3.63) is 30.1 Å². The Bertz CT molecular complexity index is 431. The molecule has 3 heteroatoms. The molecule has 1 saturated carbocycles. The molecule has 2 aliphatic rings. The summed E-state index contributed by atoms with van der Waals surface area (Å²) >= 11 is 0. The summed E-state index contributed by atoms with van der Waals surface area (Å²) in [7, 11) is 0. The van der Waals surface area contributed by atoms with E-state index in [1.165, 1.54) is 6.42 Å². The second-order valence-electron chi connectivity index (χ2n) is 4.66. The molecule has 0 amide bonds. The standard InChI is InChI=1S/C13H14N2O/c14-10-13(11-6-2-5-9-15-11)12(16-13)7-3-1-4-8-12/h2,5-6,9H,1,3-4,7-8H2/t13-/m0/s1. The zero-order valence-corrected chi connectivity index (χ0v) is 9.15. The van der Waals surface area contributed by atoms with Crippen LogP contribution < -0.4 is 0 Å². The van der Waals surface area contributed by atoms with Gasteiger partial charge in [-0.05, 0) is 25.0 Å². The summed E-state index contributed by atoms with van der Waals surface area (Å²) in [5.74, 6) is 0. The molecule has 1 aliphatic heterocycles. The maximum atomic E-state index is 9.41. The third-order valence-electron chi connectivity index (χ3n) is 3.79. The summed E-state index contributed by atoms with van der Waals surface area (Å²) in [6.07, 6.45) is 7.31. The minimum atomic E-state index is -0.755.